The molecule has 23 heavy (non-hydrogen) atoms. The lowest BCUT2D eigenvalue weighted by atomic mass is 10.1. The van der Waals surface area contributed by atoms with Gasteiger partial charge in [0.25, 0.3) is 5.91 Å². The maximum Gasteiger partial charge on any atom is 0.308 e. The van der Waals surface area contributed by atoms with E-state index in [2.05, 4.69) is 5.10 Å². The first kappa shape index (κ1) is 16.5. The van der Waals surface area contributed by atoms with Crippen LogP contribution < -0.4 is 4.74 Å². The van der Waals surface area contributed by atoms with E-state index in [1.807, 2.05) is 30.3 Å². The molecule has 1 heterocycles. The van der Waals surface area contributed by atoms with E-state index in [0.717, 1.165) is 5.69 Å². The molecule has 1 atom stereocenters. The molecule has 2 aromatic rings. The summed E-state index contributed by atoms with van der Waals surface area (Å²) in [6, 6.07) is 9.34. The molecule has 0 fully saturated rings. The number of carbonyl (C=O) groups excluding carboxylic acids is 1. The Morgan fingerprint density at radius 2 is 2.00 bits per heavy atom. The van der Waals surface area contributed by atoms with Crippen LogP contribution in [0.25, 0.3) is 5.69 Å². The molecule has 0 saturated carbocycles. The topological polar surface area (TPSA) is 84.7 Å². The van der Waals surface area contributed by atoms with Crippen LogP contribution in [-0.2, 0) is 4.79 Å². The highest BCUT2D eigenvalue weighted by atomic mass is 16.5. The quantitative estimate of drug-likeness (QED) is 0.876. The highest BCUT2D eigenvalue weighted by Gasteiger charge is 2.24. The molecule has 1 amide bonds. The monoisotopic (exact) mass is 317 g/mol. The minimum Gasteiger partial charge on any atom is -0.493 e. The highest BCUT2D eigenvalue weighted by Crippen LogP contribution is 2.21. The van der Waals surface area contributed by atoms with Crippen LogP contribution in [0.3, 0.4) is 0 Å². The number of aliphatic carboxylic acids is 1. The van der Waals surface area contributed by atoms with Gasteiger partial charge in [-0.3, -0.25) is 9.59 Å². The molecule has 1 aromatic carbocycles. The Balaban J connectivity index is 2.26. The predicted octanol–water partition coefficient (Wildman–Crippen LogP) is 1.67. The Kier molecular flexibility index (Phi) is 5.00. The van der Waals surface area contributed by atoms with Crippen molar-refractivity contribution in [2.24, 2.45) is 5.92 Å². The van der Waals surface area contributed by atoms with E-state index in [1.165, 1.54) is 12.0 Å². The summed E-state index contributed by atoms with van der Waals surface area (Å²) in [6.45, 7) is 1.64. The van der Waals surface area contributed by atoms with E-state index < -0.39 is 11.9 Å². The number of para-hydroxylation sites is 1. The number of amides is 1. The summed E-state index contributed by atoms with van der Waals surface area (Å²) in [7, 11) is 3.01. The number of carboxylic acids is 1. The van der Waals surface area contributed by atoms with Crippen LogP contribution in [-0.4, -0.2) is 52.4 Å². The second-order valence-electron chi connectivity index (χ2n) is 5.25. The maximum absolute atomic E-state index is 12.5. The highest BCUT2D eigenvalue weighted by molar-refractivity contribution is 5.95. The number of carboxylic acid groups (broad SMARTS) is 1. The molecule has 0 aliphatic rings. The van der Waals surface area contributed by atoms with E-state index in [-0.39, 0.29) is 18.1 Å². The Morgan fingerprint density at radius 3 is 2.57 bits per heavy atom. The van der Waals surface area contributed by atoms with Gasteiger partial charge >= 0.3 is 5.97 Å². The molecule has 0 aliphatic heterocycles. The van der Waals surface area contributed by atoms with Gasteiger partial charge in [-0.25, -0.2) is 4.68 Å². The number of methoxy groups -OCH3 is 1. The number of ether oxygens (including phenoxy) is 1. The van der Waals surface area contributed by atoms with Crippen molar-refractivity contribution in [3.63, 3.8) is 0 Å². The van der Waals surface area contributed by atoms with Gasteiger partial charge in [0.1, 0.15) is 0 Å². The molecule has 1 aromatic heterocycles. The number of rotatable bonds is 6. The molecule has 7 heteroatoms. The summed E-state index contributed by atoms with van der Waals surface area (Å²) in [4.78, 5) is 24.8. The minimum absolute atomic E-state index is 0.0928. The number of hydrogen-bond donors (Lipinski definition) is 1. The fourth-order valence-electron chi connectivity index (χ4n) is 2.12. The number of carbonyl (C=O) groups is 2. The largest absolute Gasteiger partial charge is 0.493 e. The first-order valence-corrected chi connectivity index (χ1v) is 7.11. The average molecular weight is 317 g/mol. The summed E-state index contributed by atoms with van der Waals surface area (Å²) >= 11 is 0. The van der Waals surface area contributed by atoms with Gasteiger partial charge in [0, 0.05) is 13.6 Å². The normalized spacial score (nSPS) is 11.8. The summed E-state index contributed by atoms with van der Waals surface area (Å²) < 4.78 is 6.78. The van der Waals surface area contributed by atoms with Gasteiger partial charge in [-0.05, 0) is 12.1 Å². The maximum atomic E-state index is 12.5. The molecule has 0 spiro atoms. The van der Waals surface area contributed by atoms with Crippen molar-refractivity contribution in [2.75, 3.05) is 20.7 Å². The lowest BCUT2D eigenvalue weighted by Gasteiger charge is -2.18. The van der Waals surface area contributed by atoms with Crippen LogP contribution in [0, 0.1) is 5.92 Å². The first-order chi connectivity index (χ1) is 10.9. The molecule has 0 radical (unpaired) electrons. The molecule has 0 saturated heterocycles. The van der Waals surface area contributed by atoms with Gasteiger partial charge in [0.05, 0.1) is 24.9 Å². The summed E-state index contributed by atoms with van der Waals surface area (Å²) in [5.41, 5.74) is 0.947. The molecule has 0 aliphatic carbocycles. The third-order valence-electron chi connectivity index (χ3n) is 3.44. The van der Waals surface area contributed by atoms with E-state index in [1.54, 1.807) is 24.9 Å². The Morgan fingerprint density at radius 1 is 1.35 bits per heavy atom. The first-order valence-electron chi connectivity index (χ1n) is 7.11. The van der Waals surface area contributed by atoms with E-state index in [0.29, 0.717) is 5.75 Å². The minimum atomic E-state index is -0.952. The summed E-state index contributed by atoms with van der Waals surface area (Å²) in [5, 5.41) is 13.2. The molecule has 122 valence electrons. The van der Waals surface area contributed by atoms with Crippen molar-refractivity contribution >= 4 is 11.9 Å². The van der Waals surface area contributed by atoms with Crippen molar-refractivity contribution in [3.8, 4) is 11.4 Å². The van der Waals surface area contributed by atoms with Crippen molar-refractivity contribution in [3.05, 3.63) is 42.2 Å². The third kappa shape index (κ3) is 3.68. The van der Waals surface area contributed by atoms with E-state index in [9.17, 15) is 9.59 Å². The molecule has 2 rings (SSSR count). The standard InChI is InChI=1S/C16H19N3O4/c1-11(16(21)22)9-18(2)15(20)14-13(23-3)10-19(17-14)12-7-5-4-6-8-12/h4-8,10-11H,9H2,1-3H3,(H,21,22). The number of aromatic nitrogens is 2. The van der Waals surface area contributed by atoms with Gasteiger partial charge in [-0.2, -0.15) is 5.10 Å². The van der Waals surface area contributed by atoms with Crippen LogP contribution in [0.2, 0.25) is 0 Å². The lowest BCUT2D eigenvalue weighted by molar-refractivity contribution is -0.141. The Hall–Kier alpha value is -2.83. The lowest BCUT2D eigenvalue weighted by Crippen LogP contribution is -2.34. The Labute approximate surface area is 134 Å². The van der Waals surface area contributed by atoms with Crippen molar-refractivity contribution in [1.29, 1.82) is 0 Å². The van der Waals surface area contributed by atoms with Crippen molar-refractivity contribution in [2.45, 2.75) is 6.92 Å². The van der Waals surface area contributed by atoms with Gasteiger partial charge < -0.3 is 14.7 Å². The fraction of sp³-hybridized carbons (Fsp3) is 0.312. The van der Waals surface area contributed by atoms with Gasteiger partial charge in [0.2, 0.25) is 0 Å². The average Bonchev–Trinajstić information content (AvgIpc) is 2.99. The number of nitrogens with zero attached hydrogens (tertiary/aromatic N) is 3. The van der Waals surface area contributed by atoms with Crippen molar-refractivity contribution in [1.82, 2.24) is 14.7 Å². The molecule has 1 N–H and O–H groups in total. The zero-order valence-corrected chi connectivity index (χ0v) is 13.3. The molecule has 1 unspecified atom stereocenters. The van der Waals surface area contributed by atoms with E-state index >= 15 is 0 Å². The second kappa shape index (κ2) is 6.95. The summed E-state index contributed by atoms with van der Waals surface area (Å²) in [5.74, 6) is -1.66. The molecule has 0 bridgehead atoms. The Bertz CT molecular complexity index is 697. The third-order valence-corrected chi connectivity index (χ3v) is 3.44. The number of benzene rings is 1. The van der Waals surface area contributed by atoms with Crippen LogP contribution >= 0.6 is 0 Å². The summed E-state index contributed by atoms with van der Waals surface area (Å²) in [6.07, 6.45) is 1.62. The second-order valence-corrected chi connectivity index (χ2v) is 5.25. The van der Waals surface area contributed by atoms with Crippen LogP contribution in [0.1, 0.15) is 17.4 Å². The van der Waals surface area contributed by atoms with Gasteiger partial charge in [0.15, 0.2) is 11.4 Å². The van der Waals surface area contributed by atoms with Gasteiger partial charge in [-0.15, -0.1) is 0 Å². The van der Waals surface area contributed by atoms with Crippen LogP contribution in [0.15, 0.2) is 36.5 Å². The fourth-order valence-corrected chi connectivity index (χ4v) is 2.12. The molecule has 7 nitrogen and oxygen atoms in total. The zero-order valence-electron chi connectivity index (χ0n) is 13.3. The smallest absolute Gasteiger partial charge is 0.308 e. The van der Waals surface area contributed by atoms with Crippen molar-refractivity contribution < 1.29 is 19.4 Å². The SMILES string of the molecule is COc1cn(-c2ccccc2)nc1C(=O)N(C)CC(C)C(=O)O. The molecular formula is C16H19N3O4. The predicted molar refractivity (Wildman–Crippen MR) is 83.9 cm³/mol. The van der Waals surface area contributed by atoms with Crippen LogP contribution in [0.4, 0.5) is 0 Å². The van der Waals surface area contributed by atoms with Gasteiger partial charge in [-0.1, -0.05) is 25.1 Å². The van der Waals surface area contributed by atoms with Crippen LogP contribution in [0.5, 0.6) is 5.75 Å². The van der Waals surface area contributed by atoms with E-state index in [4.69, 9.17) is 9.84 Å². The zero-order chi connectivity index (χ0) is 17.0. The number of hydrogen-bond acceptors (Lipinski definition) is 4. The molecular weight excluding hydrogens is 298 g/mol.